The zero-order chi connectivity index (χ0) is 17.1. The summed E-state index contributed by atoms with van der Waals surface area (Å²) in [5, 5.41) is 2.00. The highest BCUT2D eigenvalue weighted by Crippen LogP contribution is 2.28. The fourth-order valence-electron chi connectivity index (χ4n) is 3.41. The maximum Gasteiger partial charge on any atom is 0.251 e. The van der Waals surface area contributed by atoms with Crippen LogP contribution in [0.3, 0.4) is 0 Å². The zero-order valence-electron chi connectivity index (χ0n) is 13.9. The molecule has 0 amide bonds. The second-order valence-electron chi connectivity index (χ2n) is 6.43. The van der Waals surface area contributed by atoms with Gasteiger partial charge in [-0.05, 0) is 42.5 Å². The van der Waals surface area contributed by atoms with Crippen LogP contribution in [-0.4, -0.2) is 32.9 Å². The molecule has 5 nitrogen and oxygen atoms in total. The van der Waals surface area contributed by atoms with E-state index in [0.717, 1.165) is 43.0 Å². The molecule has 0 saturated carbocycles. The molecule has 0 aromatic carbocycles. The normalized spacial score (nSPS) is 18.3. The van der Waals surface area contributed by atoms with Crippen molar-refractivity contribution in [2.75, 3.05) is 13.1 Å². The Kier molecular flexibility index (Phi) is 4.72. The Morgan fingerprint density at radius 2 is 2.28 bits per heavy atom. The van der Waals surface area contributed by atoms with Crippen molar-refractivity contribution in [3.63, 3.8) is 0 Å². The number of piperidine rings is 1. The molecule has 4 rings (SSSR count). The van der Waals surface area contributed by atoms with Crippen molar-refractivity contribution in [3.05, 3.63) is 69.7 Å². The van der Waals surface area contributed by atoms with Gasteiger partial charge >= 0.3 is 0 Å². The van der Waals surface area contributed by atoms with Crippen molar-refractivity contribution in [3.8, 4) is 10.7 Å². The lowest BCUT2D eigenvalue weighted by molar-refractivity contribution is 0.198. The average Bonchev–Trinajstić information content (AvgIpc) is 3.17. The van der Waals surface area contributed by atoms with Crippen LogP contribution in [0.1, 0.15) is 30.0 Å². The number of thiophene rings is 1. The first-order valence-corrected chi connectivity index (χ1v) is 9.42. The molecule has 25 heavy (non-hydrogen) atoms. The van der Waals surface area contributed by atoms with Gasteiger partial charge in [-0.3, -0.25) is 14.7 Å². The van der Waals surface area contributed by atoms with Crippen molar-refractivity contribution >= 4 is 11.3 Å². The Morgan fingerprint density at radius 1 is 1.32 bits per heavy atom. The van der Waals surface area contributed by atoms with E-state index in [-0.39, 0.29) is 5.56 Å². The van der Waals surface area contributed by atoms with Gasteiger partial charge in [0, 0.05) is 37.5 Å². The molecule has 4 heterocycles. The molecule has 1 saturated heterocycles. The topological polar surface area (TPSA) is 61.9 Å². The van der Waals surface area contributed by atoms with Gasteiger partial charge in [-0.15, -0.1) is 11.3 Å². The standard InChI is InChI=1S/C19H20N4OS/c24-18-10-16(21-19(22-18)17-6-3-9-25-17)15-5-2-8-23(13-15)12-14-4-1-7-20-11-14/h1,3-4,6-7,9-11,15H,2,5,8,12-13H2,(H,21,22,24)/t15-/m0/s1. The smallest absolute Gasteiger partial charge is 0.251 e. The SMILES string of the molecule is O=c1cc([C@H]2CCCN(Cc3cccnc3)C2)nc(-c2cccs2)[nH]1. The number of pyridine rings is 1. The molecule has 3 aromatic heterocycles. The van der Waals surface area contributed by atoms with Crippen LogP contribution in [0.5, 0.6) is 0 Å². The van der Waals surface area contributed by atoms with Crippen LogP contribution in [0, 0.1) is 0 Å². The number of H-pyrrole nitrogens is 1. The molecule has 1 atom stereocenters. The van der Waals surface area contributed by atoms with E-state index in [1.165, 1.54) is 5.56 Å². The molecule has 1 aliphatic heterocycles. The van der Waals surface area contributed by atoms with Gasteiger partial charge in [0.15, 0.2) is 0 Å². The van der Waals surface area contributed by atoms with Gasteiger partial charge in [0.25, 0.3) is 5.56 Å². The monoisotopic (exact) mass is 352 g/mol. The summed E-state index contributed by atoms with van der Waals surface area (Å²) in [6.07, 6.45) is 5.91. The number of hydrogen-bond donors (Lipinski definition) is 1. The van der Waals surface area contributed by atoms with Gasteiger partial charge in [0.05, 0.1) is 10.6 Å². The minimum Gasteiger partial charge on any atom is -0.306 e. The molecule has 1 aliphatic rings. The van der Waals surface area contributed by atoms with Crippen LogP contribution < -0.4 is 5.56 Å². The minimum absolute atomic E-state index is 0.0715. The predicted octanol–water partition coefficient (Wildman–Crippen LogP) is 3.27. The van der Waals surface area contributed by atoms with Gasteiger partial charge in [-0.25, -0.2) is 4.98 Å². The van der Waals surface area contributed by atoms with Crippen molar-refractivity contribution in [2.24, 2.45) is 0 Å². The van der Waals surface area contributed by atoms with E-state index in [2.05, 4.69) is 20.9 Å². The van der Waals surface area contributed by atoms with Crippen molar-refractivity contribution < 1.29 is 0 Å². The second kappa shape index (κ2) is 7.29. The largest absolute Gasteiger partial charge is 0.306 e. The second-order valence-corrected chi connectivity index (χ2v) is 7.38. The van der Waals surface area contributed by atoms with Crippen molar-refractivity contribution in [2.45, 2.75) is 25.3 Å². The number of likely N-dealkylation sites (tertiary alicyclic amines) is 1. The Labute approximate surface area is 150 Å². The molecule has 1 N–H and O–H groups in total. The molecule has 0 bridgehead atoms. The molecule has 0 aliphatic carbocycles. The first-order chi connectivity index (χ1) is 12.3. The van der Waals surface area contributed by atoms with E-state index in [4.69, 9.17) is 4.98 Å². The van der Waals surface area contributed by atoms with Crippen molar-refractivity contribution in [1.29, 1.82) is 0 Å². The molecule has 1 fully saturated rings. The summed E-state index contributed by atoms with van der Waals surface area (Å²) in [5.41, 5.74) is 2.06. The maximum atomic E-state index is 12.1. The van der Waals surface area contributed by atoms with Crippen LogP contribution in [-0.2, 0) is 6.54 Å². The fourth-order valence-corrected chi connectivity index (χ4v) is 4.08. The number of aromatic amines is 1. The van der Waals surface area contributed by atoms with E-state index >= 15 is 0 Å². The van der Waals surface area contributed by atoms with Gasteiger partial charge in [-0.1, -0.05) is 12.1 Å². The van der Waals surface area contributed by atoms with Crippen LogP contribution >= 0.6 is 11.3 Å². The molecule has 0 unspecified atom stereocenters. The molecule has 0 spiro atoms. The van der Waals surface area contributed by atoms with Gasteiger partial charge in [-0.2, -0.15) is 0 Å². The first-order valence-electron chi connectivity index (χ1n) is 8.54. The zero-order valence-corrected chi connectivity index (χ0v) is 14.7. The Balaban J connectivity index is 1.54. The van der Waals surface area contributed by atoms with Crippen LogP contribution in [0.25, 0.3) is 10.7 Å². The summed E-state index contributed by atoms with van der Waals surface area (Å²) in [7, 11) is 0. The van der Waals surface area contributed by atoms with E-state index in [9.17, 15) is 4.79 Å². The van der Waals surface area contributed by atoms with Crippen LogP contribution in [0.15, 0.2) is 52.9 Å². The molecular weight excluding hydrogens is 332 g/mol. The van der Waals surface area contributed by atoms with E-state index in [1.807, 2.05) is 29.8 Å². The minimum atomic E-state index is -0.0715. The summed E-state index contributed by atoms with van der Waals surface area (Å²) in [4.78, 5) is 27.4. The van der Waals surface area contributed by atoms with E-state index in [1.54, 1.807) is 23.6 Å². The van der Waals surface area contributed by atoms with E-state index in [0.29, 0.717) is 11.7 Å². The third-order valence-corrected chi connectivity index (χ3v) is 5.45. The lowest BCUT2D eigenvalue weighted by atomic mass is 9.94. The quantitative estimate of drug-likeness (QED) is 0.783. The van der Waals surface area contributed by atoms with Crippen LogP contribution in [0.4, 0.5) is 0 Å². The lowest BCUT2D eigenvalue weighted by Crippen LogP contribution is -2.34. The predicted molar refractivity (Wildman–Crippen MR) is 99.7 cm³/mol. The van der Waals surface area contributed by atoms with Crippen LogP contribution in [0.2, 0.25) is 0 Å². The summed E-state index contributed by atoms with van der Waals surface area (Å²) in [5.74, 6) is 0.980. The first kappa shape index (κ1) is 16.2. The Bertz CT molecular complexity index is 876. The average molecular weight is 352 g/mol. The summed E-state index contributed by atoms with van der Waals surface area (Å²) in [6, 6.07) is 9.71. The highest BCUT2D eigenvalue weighted by atomic mass is 32.1. The molecule has 128 valence electrons. The van der Waals surface area contributed by atoms with E-state index < -0.39 is 0 Å². The molecular formula is C19H20N4OS. The van der Waals surface area contributed by atoms with Crippen molar-refractivity contribution in [1.82, 2.24) is 19.9 Å². The van der Waals surface area contributed by atoms with Gasteiger partial charge < -0.3 is 4.98 Å². The lowest BCUT2D eigenvalue weighted by Gasteiger charge is -2.32. The summed E-state index contributed by atoms with van der Waals surface area (Å²) < 4.78 is 0. The number of rotatable bonds is 4. The third kappa shape index (κ3) is 3.86. The maximum absolute atomic E-state index is 12.1. The van der Waals surface area contributed by atoms with Gasteiger partial charge in [0.1, 0.15) is 5.82 Å². The highest BCUT2D eigenvalue weighted by molar-refractivity contribution is 7.13. The third-order valence-electron chi connectivity index (χ3n) is 4.57. The molecule has 6 heteroatoms. The summed E-state index contributed by atoms with van der Waals surface area (Å²) in [6.45, 7) is 2.90. The highest BCUT2D eigenvalue weighted by Gasteiger charge is 2.23. The number of nitrogens with zero attached hydrogens (tertiary/aromatic N) is 3. The molecule has 0 radical (unpaired) electrons. The summed E-state index contributed by atoms with van der Waals surface area (Å²) >= 11 is 1.59. The fraction of sp³-hybridized carbons (Fsp3) is 0.316. The Hall–Kier alpha value is -2.31. The number of aromatic nitrogens is 3. The van der Waals surface area contributed by atoms with Gasteiger partial charge in [0.2, 0.25) is 0 Å². The molecule has 3 aromatic rings. The number of hydrogen-bond acceptors (Lipinski definition) is 5. The number of nitrogens with one attached hydrogen (secondary N) is 1. The Morgan fingerprint density at radius 3 is 3.08 bits per heavy atom.